The number of aryl methyl sites for hydroxylation is 1. The highest BCUT2D eigenvalue weighted by atomic mass is 16.5. The largest absolute Gasteiger partial charge is 0.459 e. The molecule has 2 rings (SSSR count). The second-order valence-electron chi connectivity index (χ2n) is 3.88. The molecule has 0 aromatic carbocycles. The molecule has 0 unspecified atom stereocenters. The fraction of sp³-hybridized carbons (Fsp3) is 0.500. The Kier molecular flexibility index (Phi) is 2.99. The molecule has 1 aliphatic carbocycles. The first-order valence-corrected chi connectivity index (χ1v) is 5.36. The summed E-state index contributed by atoms with van der Waals surface area (Å²) in [6.07, 6.45) is 6.48. The van der Waals surface area contributed by atoms with Crippen molar-refractivity contribution >= 4 is 5.97 Å². The van der Waals surface area contributed by atoms with Crippen LogP contribution in [-0.4, -0.2) is 11.0 Å². The van der Waals surface area contributed by atoms with Crippen molar-refractivity contribution in [3.8, 4) is 0 Å². The van der Waals surface area contributed by atoms with Gasteiger partial charge in [-0.15, -0.1) is 0 Å². The van der Waals surface area contributed by atoms with Crippen LogP contribution in [0.1, 0.15) is 36.6 Å². The summed E-state index contributed by atoms with van der Waals surface area (Å²) < 4.78 is 4.99. The number of hydrogen-bond acceptors (Lipinski definition) is 3. The number of rotatable bonds is 2. The van der Waals surface area contributed by atoms with Crippen LogP contribution >= 0.6 is 0 Å². The highest BCUT2D eigenvalue weighted by molar-refractivity contribution is 5.65. The third-order valence-corrected chi connectivity index (χ3v) is 2.78. The van der Waals surface area contributed by atoms with Crippen molar-refractivity contribution in [3.63, 3.8) is 0 Å². The van der Waals surface area contributed by atoms with Crippen LogP contribution in [-0.2, 0) is 29.0 Å². The van der Waals surface area contributed by atoms with Crippen LogP contribution in [0.4, 0.5) is 0 Å². The van der Waals surface area contributed by atoms with Crippen molar-refractivity contribution in [2.45, 2.75) is 39.2 Å². The van der Waals surface area contributed by atoms with Gasteiger partial charge in [0.15, 0.2) is 0 Å². The number of carbonyl (C=O) groups is 1. The molecule has 0 amide bonds. The minimum absolute atomic E-state index is 0.245. The Morgan fingerprint density at radius 3 is 3.07 bits per heavy atom. The monoisotopic (exact) mass is 205 g/mol. The van der Waals surface area contributed by atoms with Crippen LogP contribution in [0.15, 0.2) is 12.3 Å². The summed E-state index contributed by atoms with van der Waals surface area (Å²) in [6, 6.07) is 2.08. The Morgan fingerprint density at radius 2 is 2.27 bits per heavy atom. The molecule has 1 aliphatic rings. The van der Waals surface area contributed by atoms with Gasteiger partial charge in [-0.3, -0.25) is 9.78 Å². The van der Waals surface area contributed by atoms with Gasteiger partial charge in [-0.05, 0) is 42.9 Å². The van der Waals surface area contributed by atoms with Gasteiger partial charge in [0, 0.05) is 13.1 Å². The summed E-state index contributed by atoms with van der Waals surface area (Å²) in [7, 11) is 0. The van der Waals surface area contributed by atoms with Gasteiger partial charge >= 0.3 is 5.97 Å². The molecule has 3 heteroatoms. The van der Waals surface area contributed by atoms with Crippen LogP contribution in [0, 0.1) is 0 Å². The summed E-state index contributed by atoms with van der Waals surface area (Å²) >= 11 is 0. The predicted molar refractivity (Wildman–Crippen MR) is 56.3 cm³/mol. The predicted octanol–water partition coefficient (Wildman–Crippen LogP) is 2.02. The van der Waals surface area contributed by atoms with Gasteiger partial charge in [-0.1, -0.05) is 0 Å². The number of nitrogens with zero attached hydrogens (tertiary/aromatic N) is 1. The highest BCUT2D eigenvalue weighted by Gasteiger charge is 2.14. The summed E-state index contributed by atoms with van der Waals surface area (Å²) in [4.78, 5) is 15.0. The number of esters is 1. The number of pyridine rings is 1. The van der Waals surface area contributed by atoms with E-state index in [9.17, 15) is 4.79 Å². The molecule has 80 valence electrons. The topological polar surface area (TPSA) is 39.2 Å². The molecular weight excluding hydrogens is 190 g/mol. The van der Waals surface area contributed by atoms with Crippen LogP contribution in [0.2, 0.25) is 0 Å². The second-order valence-corrected chi connectivity index (χ2v) is 3.88. The minimum Gasteiger partial charge on any atom is -0.459 e. The van der Waals surface area contributed by atoms with Crippen molar-refractivity contribution in [1.82, 2.24) is 4.98 Å². The first-order valence-electron chi connectivity index (χ1n) is 5.36. The van der Waals surface area contributed by atoms with Crippen LogP contribution in [0.5, 0.6) is 0 Å². The Morgan fingerprint density at radius 1 is 1.47 bits per heavy atom. The fourth-order valence-corrected chi connectivity index (χ4v) is 2.03. The lowest BCUT2D eigenvalue weighted by molar-refractivity contribution is -0.142. The smallest absolute Gasteiger partial charge is 0.303 e. The summed E-state index contributed by atoms with van der Waals surface area (Å²) in [5.41, 5.74) is 3.60. The zero-order chi connectivity index (χ0) is 10.7. The molecule has 0 spiro atoms. The minimum atomic E-state index is -0.245. The molecule has 0 saturated carbocycles. The number of ether oxygens (including phenoxy) is 1. The number of aromatic nitrogens is 1. The van der Waals surface area contributed by atoms with E-state index in [1.165, 1.54) is 30.9 Å². The van der Waals surface area contributed by atoms with Crippen LogP contribution in [0.25, 0.3) is 0 Å². The molecule has 0 N–H and O–H groups in total. The molecule has 1 heterocycles. The van der Waals surface area contributed by atoms with Crippen LogP contribution in [0.3, 0.4) is 0 Å². The van der Waals surface area contributed by atoms with Gasteiger partial charge in [0.05, 0.1) is 5.69 Å². The zero-order valence-electron chi connectivity index (χ0n) is 8.95. The van der Waals surface area contributed by atoms with Crippen molar-refractivity contribution < 1.29 is 9.53 Å². The number of fused-ring (bicyclic) bond motifs is 1. The van der Waals surface area contributed by atoms with Gasteiger partial charge in [-0.2, -0.15) is 0 Å². The van der Waals surface area contributed by atoms with E-state index in [-0.39, 0.29) is 5.97 Å². The molecule has 0 saturated heterocycles. The third-order valence-electron chi connectivity index (χ3n) is 2.78. The van der Waals surface area contributed by atoms with E-state index < -0.39 is 0 Å². The Bertz CT molecular complexity index is 374. The molecule has 0 fully saturated rings. The molecule has 3 nitrogen and oxygen atoms in total. The molecule has 1 aromatic heterocycles. The Hall–Kier alpha value is -1.38. The quantitative estimate of drug-likeness (QED) is 0.693. The maximum atomic E-state index is 10.7. The van der Waals surface area contributed by atoms with E-state index in [0.29, 0.717) is 6.61 Å². The van der Waals surface area contributed by atoms with Crippen molar-refractivity contribution in [2.24, 2.45) is 0 Å². The molecule has 0 aliphatic heterocycles. The van der Waals surface area contributed by atoms with Gasteiger partial charge < -0.3 is 4.74 Å². The summed E-state index contributed by atoms with van der Waals surface area (Å²) in [6.45, 7) is 1.74. The lowest BCUT2D eigenvalue weighted by Gasteiger charge is -2.17. The van der Waals surface area contributed by atoms with E-state index >= 15 is 0 Å². The molecule has 0 radical (unpaired) electrons. The first-order chi connectivity index (χ1) is 7.27. The Balaban J connectivity index is 2.19. The first kappa shape index (κ1) is 10.1. The van der Waals surface area contributed by atoms with Crippen molar-refractivity contribution in [1.29, 1.82) is 0 Å². The molecule has 1 aromatic rings. The molecule has 15 heavy (non-hydrogen) atoms. The lowest BCUT2D eigenvalue weighted by Crippen LogP contribution is -2.10. The summed E-state index contributed by atoms with van der Waals surface area (Å²) in [5.74, 6) is -0.245. The molecule has 0 bridgehead atoms. The average Bonchev–Trinajstić information content (AvgIpc) is 2.26. The Labute approximate surface area is 89.5 Å². The summed E-state index contributed by atoms with van der Waals surface area (Å²) in [5, 5.41) is 0. The van der Waals surface area contributed by atoms with Gasteiger partial charge in [0.25, 0.3) is 0 Å². The fourth-order valence-electron chi connectivity index (χ4n) is 2.03. The standard InChI is InChI=1S/C12H15NO2/c1-9(14)15-8-12-11-5-3-2-4-10(11)6-7-13-12/h6-7H,2-5,8H2,1H3. The van der Waals surface area contributed by atoms with Gasteiger partial charge in [-0.25, -0.2) is 0 Å². The van der Waals surface area contributed by atoms with Crippen LogP contribution < -0.4 is 0 Å². The average molecular weight is 205 g/mol. The van der Waals surface area contributed by atoms with E-state index in [0.717, 1.165) is 18.5 Å². The highest BCUT2D eigenvalue weighted by Crippen LogP contribution is 2.23. The van der Waals surface area contributed by atoms with Gasteiger partial charge in [0.1, 0.15) is 6.61 Å². The lowest BCUT2D eigenvalue weighted by atomic mass is 9.91. The zero-order valence-corrected chi connectivity index (χ0v) is 8.95. The van der Waals surface area contributed by atoms with E-state index in [4.69, 9.17) is 4.74 Å². The van der Waals surface area contributed by atoms with E-state index in [1.54, 1.807) is 0 Å². The number of hydrogen-bond donors (Lipinski definition) is 0. The SMILES string of the molecule is CC(=O)OCc1nccc2c1CCCC2. The maximum Gasteiger partial charge on any atom is 0.303 e. The number of carbonyl (C=O) groups excluding carboxylic acids is 1. The van der Waals surface area contributed by atoms with Gasteiger partial charge in [0.2, 0.25) is 0 Å². The maximum absolute atomic E-state index is 10.7. The normalized spacial score (nSPS) is 14.5. The van der Waals surface area contributed by atoms with E-state index in [2.05, 4.69) is 11.1 Å². The van der Waals surface area contributed by atoms with Crippen molar-refractivity contribution in [3.05, 3.63) is 29.1 Å². The molecular formula is C12H15NO2. The van der Waals surface area contributed by atoms with Crippen molar-refractivity contribution in [2.75, 3.05) is 0 Å². The molecule has 0 atom stereocenters. The van der Waals surface area contributed by atoms with E-state index in [1.807, 2.05) is 6.20 Å². The third kappa shape index (κ3) is 2.35. The second kappa shape index (κ2) is 4.43.